The summed E-state index contributed by atoms with van der Waals surface area (Å²) in [6.07, 6.45) is 5.52. The van der Waals surface area contributed by atoms with Crippen molar-refractivity contribution in [2.24, 2.45) is 0 Å². The molecule has 0 unspecified atom stereocenters. The molecule has 1 saturated heterocycles. The number of ether oxygens (including phenoxy) is 1. The summed E-state index contributed by atoms with van der Waals surface area (Å²) in [6, 6.07) is 0. The third-order valence-electron chi connectivity index (χ3n) is 2.48. The number of aliphatic hydroxyl groups is 1. The largest absolute Gasteiger partial charge is 0.394 e. The van der Waals surface area contributed by atoms with Crippen LogP contribution in [0.25, 0.3) is 0 Å². The summed E-state index contributed by atoms with van der Waals surface area (Å²) in [5.74, 6) is 0.834. The quantitative estimate of drug-likeness (QED) is 0.744. The molecule has 2 heterocycles. The minimum atomic E-state index is -0.0135. The van der Waals surface area contributed by atoms with E-state index >= 15 is 0 Å². The molecule has 2 rings (SSSR count). The molecule has 1 aliphatic heterocycles. The van der Waals surface area contributed by atoms with Crippen LogP contribution in [0.2, 0.25) is 0 Å². The fourth-order valence-corrected chi connectivity index (χ4v) is 1.66. The van der Waals surface area contributed by atoms with Crippen molar-refractivity contribution in [1.29, 1.82) is 0 Å². The summed E-state index contributed by atoms with van der Waals surface area (Å²) in [6.45, 7) is 0.101. The second-order valence-electron chi connectivity index (χ2n) is 3.43. The maximum absolute atomic E-state index is 8.92. The zero-order chi connectivity index (χ0) is 9.97. The zero-order valence-corrected chi connectivity index (χ0v) is 8.18. The molecule has 0 aromatic carbocycles. The maximum atomic E-state index is 8.92. The lowest BCUT2D eigenvalue weighted by Gasteiger charge is -2.12. The summed E-state index contributed by atoms with van der Waals surface area (Å²) >= 11 is 0. The fraction of sp³-hybridized carbons (Fsp3) is 0.667. The number of hydrogen-bond donors (Lipinski definition) is 2. The molecular formula is C9H15N3O2. The second-order valence-corrected chi connectivity index (χ2v) is 3.43. The normalized spacial score (nSPS) is 26.7. The minimum Gasteiger partial charge on any atom is -0.394 e. The van der Waals surface area contributed by atoms with Crippen LogP contribution in [-0.2, 0) is 4.74 Å². The van der Waals surface area contributed by atoms with Crippen LogP contribution in [0, 0.1) is 0 Å². The monoisotopic (exact) mass is 197 g/mol. The van der Waals surface area contributed by atoms with Crippen molar-refractivity contribution in [3.05, 3.63) is 12.5 Å². The van der Waals surface area contributed by atoms with E-state index in [0.717, 1.165) is 18.7 Å². The fourth-order valence-electron chi connectivity index (χ4n) is 1.66. The van der Waals surface area contributed by atoms with E-state index < -0.39 is 0 Å². The van der Waals surface area contributed by atoms with Gasteiger partial charge in [-0.2, -0.15) is 0 Å². The molecule has 1 aromatic heterocycles. The van der Waals surface area contributed by atoms with Gasteiger partial charge in [0.2, 0.25) is 0 Å². The van der Waals surface area contributed by atoms with Crippen LogP contribution in [0.3, 0.4) is 0 Å². The Morgan fingerprint density at radius 2 is 2.57 bits per heavy atom. The molecule has 5 heteroatoms. The first-order valence-corrected chi connectivity index (χ1v) is 4.81. The molecule has 0 bridgehead atoms. The molecule has 0 aliphatic carbocycles. The van der Waals surface area contributed by atoms with E-state index in [0.29, 0.717) is 0 Å². The van der Waals surface area contributed by atoms with Gasteiger partial charge in [0.25, 0.3) is 0 Å². The summed E-state index contributed by atoms with van der Waals surface area (Å²) in [5, 5.41) is 11.9. The van der Waals surface area contributed by atoms with Crippen LogP contribution in [0.4, 0.5) is 5.82 Å². The Kier molecular flexibility index (Phi) is 2.69. The molecular weight excluding hydrogens is 182 g/mol. The Morgan fingerprint density at radius 3 is 3.14 bits per heavy atom. The zero-order valence-electron chi connectivity index (χ0n) is 8.18. The molecule has 2 N–H and O–H groups in total. The van der Waals surface area contributed by atoms with Gasteiger partial charge in [0, 0.05) is 7.05 Å². The van der Waals surface area contributed by atoms with Gasteiger partial charge in [-0.3, -0.25) is 0 Å². The number of hydrogen-bond acceptors (Lipinski definition) is 4. The first-order chi connectivity index (χ1) is 6.83. The van der Waals surface area contributed by atoms with Crippen molar-refractivity contribution in [3.8, 4) is 0 Å². The topological polar surface area (TPSA) is 59.3 Å². The lowest BCUT2D eigenvalue weighted by atomic mass is 10.2. The van der Waals surface area contributed by atoms with Gasteiger partial charge in [-0.1, -0.05) is 0 Å². The Balaban J connectivity index is 2.02. The number of imidazole rings is 1. The van der Waals surface area contributed by atoms with Gasteiger partial charge in [0.1, 0.15) is 12.0 Å². The van der Waals surface area contributed by atoms with E-state index in [4.69, 9.17) is 9.84 Å². The number of aliphatic hydroxyl groups excluding tert-OH is 1. The summed E-state index contributed by atoms with van der Waals surface area (Å²) in [5.41, 5.74) is 0. The number of nitrogens with one attached hydrogen (secondary N) is 1. The first-order valence-electron chi connectivity index (χ1n) is 4.81. The molecule has 1 fully saturated rings. The molecule has 0 spiro atoms. The van der Waals surface area contributed by atoms with E-state index in [9.17, 15) is 0 Å². The van der Waals surface area contributed by atoms with E-state index in [1.54, 1.807) is 6.33 Å². The van der Waals surface area contributed by atoms with Gasteiger partial charge in [-0.15, -0.1) is 0 Å². The number of nitrogens with zero attached hydrogens (tertiary/aromatic N) is 2. The molecule has 78 valence electrons. The Bertz CT molecular complexity index is 300. The average molecular weight is 197 g/mol. The molecule has 0 amide bonds. The van der Waals surface area contributed by atoms with Crippen LogP contribution >= 0.6 is 0 Å². The van der Waals surface area contributed by atoms with Crippen LogP contribution in [0.5, 0.6) is 0 Å². The van der Waals surface area contributed by atoms with Gasteiger partial charge in [0.05, 0.1) is 25.2 Å². The van der Waals surface area contributed by atoms with E-state index in [2.05, 4.69) is 10.3 Å². The van der Waals surface area contributed by atoms with Gasteiger partial charge < -0.3 is 19.7 Å². The third-order valence-corrected chi connectivity index (χ3v) is 2.48. The molecule has 14 heavy (non-hydrogen) atoms. The lowest BCUT2D eigenvalue weighted by Crippen LogP contribution is -2.13. The smallest absolute Gasteiger partial charge is 0.144 e. The van der Waals surface area contributed by atoms with Crippen LogP contribution in [0.15, 0.2) is 12.5 Å². The van der Waals surface area contributed by atoms with Crippen molar-refractivity contribution >= 4 is 5.82 Å². The van der Waals surface area contributed by atoms with Crippen LogP contribution < -0.4 is 5.32 Å². The Morgan fingerprint density at radius 1 is 1.71 bits per heavy atom. The van der Waals surface area contributed by atoms with Gasteiger partial charge in [0.15, 0.2) is 0 Å². The van der Waals surface area contributed by atoms with Crippen molar-refractivity contribution in [2.45, 2.75) is 25.2 Å². The van der Waals surface area contributed by atoms with Crippen molar-refractivity contribution in [2.75, 3.05) is 19.0 Å². The van der Waals surface area contributed by atoms with E-state index in [1.807, 2.05) is 17.8 Å². The Hall–Kier alpha value is -1.07. The van der Waals surface area contributed by atoms with Crippen LogP contribution in [0.1, 0.15) is 19.1 Å². The van der Waals surface area contributed by atoms with Crippen molar-refractivity contribution < 1.29 is 9.84 Å². The van der Waals surface area contributed by atoms with E-state index in [1.165, 1.54) is 0 Å². The van der Waals surface area contributed by atoms with Gasteiger partial charge in [-0.05, 0) is 12.8 Å². The summed E-state index contributed by atoms with van der Waals surface area (Å²) < 4.78 is 7.53. The van der Waals surface area contributed by atoms with E-state index in [-0.39, 0.29) is 18.9 Å². The number of aromatic nitrogens is 2. The predicted octanol–water partition coefficient (Wildman–Crippen LogP) is 0.595. The molecule has 0 saturated carbocycles. The predicted molar refractivity (Wildman–Crippen MR) is 52.0 cm³/mol. The summed E-state index contributed by atoms with van der Waals surface area (Å²) in [7, 11) is 1.83. The molecule has 1 aliphatic rings. The molecule has 2 atom stereocenters. The molecule has 0 radical (unpaired) electrons. The lowest BCUT2D eigenvalue weighted by molar-refractivity contribution is -0.0223. The third kappa shape index (κ3) is 1.73. The molecule has 5 nitrogen and oxygen atoms in total. The highest BCUT2D eigenvalue weighted by Gasteiger charge is 2.25. The van der Waals surface area contributed by atoms with Gasteiger partial charge in [-0.25, -0.2) is 4.98 Å². The standard InChI is InChI=1S/C9H15N3O2/c1-10-8-4-12(6-11-8)9-3-2-7(5-13)14-9/h4,6-7,9-10,13H,2-3,5H2,1H3/t7-,9-/m0/s1. The minimum absolute atomic E-state index is 0.0135. The highest BCUT2D eigenvalue weighted by atomic mass is 16.5. The Labute approximate surface area is 82.7 Å². The average Bonchev–Trinajstić information content (AvgIpc) is 2.86. The first kappa shape index (κ1) is 9.48. The van der Waals surface area contributed by atoms with Crippen LogP contribution in [-0.4, -0.2) is 34.4 Å². The second kappa shape index (κ2) is 3.98. The number of rotatable bonds is 3. The maximum Gasteiger partial charge on any atom is 0.144 e. The SMILES string of the molecule is CNc1cn([C@@H]2CC[C@@H](CO)O2)cn1. The number of anilines is 1. The van der Waals surface area contributed by atoms with Gasteiger partial charge >= 0.3 is 0 Å². The highest BCUT2D eigenvalue weighted by Crippen LogP contribution is 2.28. The van der Waals surface area contributed by atoms with Crippen molar-refractivity contribution in [1.82, 2.24) is 9.55 Å². The van der Waals surface area contributed by atoms with Crippen molar-refractivity contribution in [3.63, 3.8) is 0 Å². The highest BCUT2D eigenvalue weighted by molar-refractivity contribution is 5.29. The summed E-state index contributed by atoms with van der Waals surface area (Å²) in [4.78, 5) is 4.14. The molecule has 1 aromatic rings.